The second-order valence-electron chi connectivity index (χ2n) is 5.47. The Morgan fingerprint density at radius 2 is 2.11 bits per heavy atom. The van der Waals surface area contributed by atoms with Crippen LogP contribution in [0.4, 0.5) is 0 Å². The zero-order valence-corrected chi connectivity index (χ0v) is 12.2. The molecular formula is C15H24N2O2. The number of aliphatic hydroxyl groups excluding tert-OH is 1. The summed E-state index contributed by atoms with van der Waals surface area (Å²) in [6.45, 7) is 6.52. The first-order chi connectivity index (χ1) is 8.90. The van der Waals surface area contributed by atoms with Crippen LogP contribution >= 0.6 is 0 Å². The van der Waals surface area contributed by atoms with Gasteiger partial charge in [0.05, 0.1) is 12.0 Å². The van der Waals surface area contributed by atoms with Crippen LogP contribution in [0.3, 0.4) is 0 Å². The van der Waals surface area contributed by atoms with E-state index in [1.807, 2.05) is 38.1 Å². The molecule has 0 aliphatic carbocycles. The number of hydrogen-bond acceptors (Lipinski definition) is 3. The normalized spacial score (nSPS) is 13.1. The van der Waals surface area contributed by atoms with E-state index in [2.05, 4.69) is 17.6 Å². The van der Waals surface area contributed by atoms with E-state index in [9.17, 15) is 4.79 Å². The van der Waals surface area contributed by atoms with Gasteiger partial charge in [-0.2, -0.15) is 0 Å². The Kier molecular flexibility index (Phi) is 5.51. The number of amides is 1. The lowest BCUT2D eigenvalue weighted by Gasteiger charge is -2.25. The standard InChI is InChI=1S/C15H24N2O2/c1-11(13-7-5-6-12(8-13)9-18)17-10-15(2,3)14(19)16-4/h5-8,11,17-18H,9-10H2,1-4H3,(H,16,19). The van der Waals surface area contributed by atoms with E-state index in [-0.39, 0.29) is 18.6 Å². The molecule has 19 heavy (non-hydrogen) atoms. The highest BCUT2D eigenvalue weighted by Gasteiger charge is 2.26. The molecule has 0 spiro atoms. The second-order valence-corrected chi connectivity index (χ2v) is 5.47. The molecule has 1 atom stereocenters. The van der Waals surface area contributed by atoms with Gasteiger partial charge in [-0.3, -0.25) is 4.79 Å². The number of benzene rings is 1. The van der Waals surface area contributed by atoms with Crippen molar-refractivity contribution in [1.29, 1.82) is 0 Å². The molecule has 0 aliphatic heterocycles. The topological polar surface area (TPSA) is 61.4 Å². The summed E-state index contributed by atoms with van der Waals surface area (Å²) in [6.07, 6.45) is 0. The highest BCUT2D eigenvalue weighted by atomic mass is 16.3. The number of carbonyl (C=O) groups is 1. The Hall–Kier alpha value is -1.39. The van der Waals surface area contributed by atoms with Crippen molar-refractivity contribution in [3.8, 4) is 0 Å². The molecule has 0 heterocycles. The third-order valence-corrected chi connectivity index (χ3v) is 3.33. The molecule has 0 radical (unpaired) electrons. The molecular weight excluding hydrogens is 240 g/mol. The first-order valence-corrected chi connectivity index (χ1v) is 6.56. The number of hydrogen-bond donors (Lipinski definition) is 3. The van der Waals surface area contributed by atoms with Gasteiger partial charge in [0.1, 0.15) is 0 Å². The van der Waals surface area contributed by atoms with Crippen LogP contribution in [-0.4, -0.2) is 24.6 Å². The SMILES string of the molecule is CNC(=O)C(C)(C)CNC(C)c1cccc(CO)c1. The van der Waals surface area contributed by atoms with Gasteiger partial charge in [-0.1, -0.05) is 24.3 Å². The van der Waals surface area contributed by atoms with Gasteiger partial charge in [0.15, 0.2) is 0 Å². The summed E-state index contributed by atoms with van der Waals surface area (Å²) in [5.74, 6) is 0.0244. The maximum atomic E-state index is 11.7. The zero-order chi connectivity index (χ0) is 14.5. The monoisotopic (exact) mass is 264 g/mol. The molecule has 3 N–H and O–H groups in total. The highest BCUT2D eigenvalue weighted by molar-refractivity contribution is 5.81. The van der Waals surface area contributed by atoms with Crippen LogP contribution in [0.2, 0.25) is 0 Å². The Morgan fingerprint density at radius 3 is 2.68 bits per heavy atom. The predicted octanol–water partition coefficient (Wildman–Crippen LogP) is 1.60. The summed E-state index contributed by atoms with van der Waals surface area (Å²) in [6, 6.07) is 7.96. The van der Waals surface area contributed by atoms with Gasteiger partial charge in [-0.15, -0.1) is 0 Å². The first-order valence-electron chi connectivity index (χ1n) is 6.56. The van der Waals surface area contributed by atoms with Gasteiger partial charge < -0.3 is 15.7 Å². The average molecular weight is 264 g/mol. The number of rotatable bonds is 6. The van der Waals surface area contributed by atoms with E-state index in [1.54, 1.807) is 7.05 Å². The minimum absolute atomic E-state index is 0.0244. The van der Waals surface area contributed by atoms with Crippen LogP contribution in [0.15, 0.2) is 24.3 Å². The van der Waals surface area contributed by atoms with Crippen LogP contribution in [-0.2, 0) is 11.4 Å². The van der Waals surface area contributed by atoms with Gasteiger partial charge in [0.25, 0.3) is 0 Å². The summed E-state index contributed by atoms with van der Waals surface area (Å²) in [5.41, 5.74) is 1.56. The molecule has 0 fully saturated rings. The molecule has 1 unspecified atom stereocenters. The second kappa shape index (κ2) is 6.68. The Labute approximate surface area is 115 Å². The molecule has 0 aliphatic rings. The number of carbonyl (C=O) groups excluding carboxylic acids is 1. The van der Waals surface area contributed by atoms with Crippen LogP contribution in [0.25, 0.3) is 0 Å². The molecule has 0 saturated heterocycles. The molecule has 1 rings (SSSR count). The highest BCUT2D eigenvalue weighted by Crippen LogP contribution is 2.18. The Bertz CT molecular complexity index is 430. The summed E-state index contributed by atoms with van der Waals surface area (Å²) >= 11 is 0. The van der Waals surface area contributed by atoms with Crippen molar-refractivity contribution in [2.45, 2.75) is 33.4 Å². The third kappa shape index (κ3) is 4.33. The molecule has 106 valence electrons. The smallest absolute Gasteiger partial charge is 0.226 e. The number of nitrogens with one attached hydrogen (secondary N) is 2. The van der Waals surface area contributed by atoms with Crippen molar-refractivity contribution in [3.63, 3.8) is 0 Å². The minimum atomic E-state index is -0.447. The third-order valence-electron chi connectivity index (χ3n) is 3.33. The van der Waals surface area contributed by atoms with Crippen LogP contribution in [0, 0.1) is 5.41 Å². The summed E-state index contributed by atoms with van der Waals surface area (Å²) < 4.78 is 0. The van der Waals surface area contributed by atoms with Crippen LogP contribution in [0.1, 0.15) is 37.9 Å². The lowest BCUT2D eigenvalue weighted by atomic mass is 9.91. The van der Waals surface area contributed by atoms with E-state index in [1.165, 1.54) is 0 Å². The molecule has 0 bridgehead atoms. The molecule has 4 heteroatoms. The van der Waals surface area contributed by atoms with Gasteiger partial charge in [-0.25, -0.2) is 0 Å². The summed E-state index contributed by atoms with van der Waals surface area (Å²) in [7, 11) is 1.65. The van der Waals surface area contributed by atoms with Gasteiger partial charge >= 0.3 is 0 Å². The fourth-order valence-corrected chi connectivity index (χ4v) is 1.91. The summed E-state index contributed by atoms with van der Waals surface area (Å²) in [4.78, 5) is 11.7. The Morgan fingerprint density at radius 1 is 1.42 bits per heavy atom. The fraction of sp³-hybridized carbons (Fsp3) is 0.533. The van der Waals surface area contributed by atoms with Crippen LogP contribution < -0.4 is 10.6 Å². The first kappa shape index (κ1) is 15.7. The fourth-order valence-electron chi connectivity index (χ4n) is 1.91. The van der Waals surface area contributed by atoms with E-state index in [0.717, 1.165) is 11.1 Å². The van der Waals surface area contributed by atoms with Crippen molar-refractivity contribution in [2.24, 2.45) is 5.41 Å². The van der Waals surface area contributed by atoms with Crippen molar-refractivity contribution in [2.75, 3.05) is 13.6 Å². The van der Waals surface area contributed by atoms with Crippen molar-refractivity contribution >= 4 is 5.91 Å². The van der Waals surface area contributed by atoms with Crippen molar-refractivity contribution in [1.82, 2.24) is 10.6 Å². The lowest BCUT2D eigenvalue weighted by Crippen LogP contribution is -2.42. The van der Waals surface area contributed by atoms with Crippen molar-refractivity contribution < 1.29 is 9.90 Å². The van der Waals surface area contributed by atoms with Crippen molar-refractivity contribution in [3.05, 3.63) is 35.4 Å². The van der Waals surface area contributed by atoms with E-state index in [0.29, 0.717) is 6.54 Å². The molecule has 0 aromatic heterocycles. The van der Waals surface area contributed by atoms with Gasteiger partial charge in [-0.05, 0) is 31.9 Å². The largest absolute Gasteiger partial charge is 0.392 e. The van der Waals surface area contributed by atoms with Gasteiger partial charge in [0.2, 0.25) is 5.91 Å². The molecule has 1 aromatic rings. The van der Waals surface area contributed by atoms with Gasteiger partial charge in [0, 0.05) is 19.6 Å². The summed E-state index contributed by atoms with van der Waals surface area (Å²) in [5, 5.41) is 15.2. The lowest BCUT2D eigenvalue weighted by molar-refractivity contribution is -0.128. The molecule has 4 nitrogen and oxygen atoms in total. The van der Waals surface area contributed by atoms with E-state index >= 15 is 0 Å². The minimum Gasteiger partial charge on any atom is -0.392 e. The predicted molar refractivity (Wildman–Crippen MR) is 76.6 cm³/mol. The van der Waals surface area contributed by atoms with E-state index in [4.69, 9.17) is 5.11 Å². The quantitative estimate of drug-likeness (QED) is 0.731. The maximum Gasteiger partial charge on any atom is 0.226 e. The molecule has 1 amide bonds. The molecule has 1 aromatic carbocycles. The zero-order valence-electron chi connectivity index (χ0n) is 12.2. The maximum absolute atomic E-state index is 11.7. The Balaban J connectivity index is 2.64. The molecule has 0 saturated carbocycles. The average Bonchev–Trinajstić information content (AvgIpc) is 2.43. The number of aliphatic hydroxyl groups is 1. The van der Waals surface area contributed by atoms with Crippen LogP contribution in [0.5, 0.6) is 0 Å². The van der Waals surface area contributed by atoms with E-state index < -0.39 is 5.41 Å².